The zero-order chi connectivity index (χ0) is 25.8. The van der Waals surface area contributed by atoms with Gasteiger partial charge in [0.1, 0.15) is 25.8 Å². The summed E-state index contributed by atoms with van der Waals surface area (Å²) in [6.45, 7) is 3.28. The Bertz CT molecular complexity index is 1210. The number of anilines is 1. The molecule has 1 atom stereocenters. The first kappa shape index (κ1) is 26.9. The van der Waals surface area contributed by atoms with Crippen LogP contribution < -0.4 is 19.1 Å². The molecule has 0 aromatic heterocycles. The van der Waals surface area contributed by atoms with E-state index in [1.54, 1.807) is 37.3 Å². The fourth-order valence-electron chi connectivity index (χ4n) is 3.53. The summed E-state index contributed by atoms with van der Waals surface area (Å²) in [6.07, 6.45) is 0. The van der Waals surface area contributed by atoms with Gasteiger partial charge in [-0.1, -0.05) is 29.3 Å². The van der Waals surface area contributed by atoms with Gasteiger partial charge in [-0.15, -0.1) is 0 Å². The number of nitrogens with zero attached hydrogens (tertiary/aromatic N) is 2. The number of halogens is 2. The average molecular weight is 544 g/mol. The van der Waals surface area contributed by atoms with E-state index in [1.165, 1.54) is 24.9 Å². The summed E-state index contributed by atoms with van der Waals surface area (Å²) < 4.78 is 38.1. The molecule has 1 aliphatic rings. The lowest BCUT2D eigenvalue weighted by Crippen LogP contribution is -2.51. The van der Waals surface area contributed by atoms with Crippen LogP contribution in [0.15, 0.2) is 36.4 Å². The van der Waals surface area contributed by atoms with E-state index in [1.807, 2.05) is 0 Å². The van der Waals surface area contributed by atoms with Crippen LogP contribution in [0.25, 0.3) is 0 Å². The highest BCUT2D eigenvalue weighted by Crippen LogP contribution is 2.35. The number of nitrogens with one attached hydrogen (secondary N) is 1. The van der Waals surface area contributed by atoms with Gasteiger partial charge in [-0.3, -0.25) is 13.9 Å². The SMILES string of the molecule is CCS(=O)(=O)N(CC(=O)N(Cc1ccc(Cl)c(Cl)c1)C(C)C(=O)NC)c1ccc2c(c1)OCCO2. The van der Waals surface area contributed by atoms with Crippen molar-refractivity contribution in [2.45, 2.75) is 26.4 Å². The number of carbonyl (C=O) groups excluding carboxylic acids is 2. The van der Waals surface area contributed by atoms with Crippen LogP contribution in [0.4, 0.5) is 5.69 Å². The number of rotatable bonds is 9. The Morgan fingerprint density at radius 1 is 1.06 bits per heavy atom. The van der Waals surface area contributed by atoms with Crippen LogP contribution in [0.5, 0.6) is 11.5 Å². The second kappa shape index (κ2) is 11.4. The van der Waals surface area contributed by atoms with Crippen molar-refractivity contribution >= 4 is 50.7 Å². The summed E-state index contributed by atoms with van der Waals surface area (Å²) in [5.74, 6) is -0.313. The molecule has 1 heterocycles. The normalized spacial score (nSPS) is 13.6. The van der Waals surface area contributed by atoms with E-state index >= 15 is 0 Å². The molecule has 12 heteroatoms. The highest BCUT2D eigenvalue weighted by Gasteiger charge is 2.31. The minimum atomic E-state index is -3.85. The van der Waals surface area contributed by atoms with Crippen molar-refractivity contribution in [3.05, 3.63) is 52.0 Å². The minimum absolute atomic E-state index is 0.0193. The summed E-state index contributed by atoms with van der Waals surface area (Å²) >= 11 is 12.1. The summed E-state index contributed by atoms with van der Waals surface area (Å²) in [6, 6.07) is 8.69. The molecular formula is C23H27Cl2N3O6S. The molecule has 35 heavy (non-hydrogen) atoms. The largest absolute Gasteiger partial charge is 0.486 e. The first-order valence-electron chi connectivity index (χ1n) is 10.9. The van der Waals surface area contributed by atoms with Crippen molar-refractivity contribution < 1.29 is 27.5 Å². The molecule has 0 saturated carbocycles. The monoisotopic (exact) mass is 543 g/mol. The second-order valence-corrected chi connectivity index (χ2v) is 10.8. The number of carbonyl (C=O) groups is 2. The Kier molecular flexibility index (Phi) is 8.74. The number of hydrogen-bond acceptors (Lipinski definition) is 6. The number of benzene rings is 2. The van der Waals surface area contributed by atoms with Gasteiger partial charge in [0.05, 0.1) is 21.5 Å². The third-order valence-electron chi connectivity index (χ3n) is 5.54. The van der Waals surface area contributed by atoms with E-state index in [-0.39, 0.29) is 18.0 Å². The molecule has 2 aromatic rings. The summed E-state index contributed by atoms with van der Waals surface area (Å²) in [7, 11) is -2.39. The van der Waals surface area contributed by atoms with Crippen molar-refractivity contribution in [3.8, 4) is 11.5 Å². The lowest BCUT2D eigenvalue weighted by molar-refractivity contribution is -0.139. The number of amides is 2. The van der Waals surface area contributed by atoms with E-state index in [4.69, 9.17) is 32.7 Å². The Morgan fingerprint density at radius 3 is 2.37 bits per heavy atom. The minimum Gasteiger partial charge on any atom is -0.486 e. The lowest BCUT2D eigenvalue weighted by Gasteiger charge is -2.32. The second-order valence-electron chi connectivity index (χ2n) is 7.80. The molecular weight excluding hydrogens is 517 g/mol. The van der Waals surface area contributed by atoms with Crippen molar-refractivity contribution in [2.24, 2.45) is 0 Å². The van der Waals surface area contributed by atoms with Gasteiger partial charge in [0, 0.05) is 19.7 Å². The van der Waals surface area contributed by atoms with Gasteiger partial charge in [-0.25, -0.2) is 8.42 Å². The van der Waals surface area contributed by atoms with Gasteiger partial charge in [0.25, 0.3) is 0 Å². The molecule has 2 aromatic carbocycles. The smallest absolute Gasteiger partial charge is 0.244 e. The van der Waals surface area contributed by atoms with Gasteiger partial charge in [0.2, 0.25) is 21.8 Å². The summed E-state index contributed by atoms with van der Waals surface area (Å²) in [5, 5.41) is 3.18. The van der Waals surface area contributed by atoms with Gasteiger partial charge in [0.15, 0.2) is 11.5 Å². The van der Waals surface area contributed by atoms with Crippen molar-refractivity contribution in [1.82, 2.24) is 10.2 Å². The third kappa shape index (κ3) is 6.31. The molecule has 190 valence electrons. The van der Waals surface area contributed by atoms with Gasteiger partial charge >= 0.3 is 0 Å². The Labute approximate surface area is 214 Å². The molecule has 1 aliphatic heterocycles. The topological polar surface area (TPSA) is 105 Å². The maximum Gasteiger partial charge on any atom is 0.244 e. The first-order valence-corrected chi connectivity index (χ1v) is 13.3. The van der Waals surface area contributed by atoms with Crippen LogP contribution in [0, 0.1) is 0 Å². The molecule has 1 N–H and O–H groups in total. The average Bonchev–Trinajstić information content (AvgIpc) is 2.86. The number of sulfonamides is 1. The molecule has 1 unspecified atom stereocenters. The highest BCUT2D eigenvalue weighted by atomic mass is 35.5. The van der Waals surface area contributed by atoms with Crippen molar-refractivity contribution in [3.63, 3.8) is 0 Å². The number of ether oxygens (including phenoxy) is 2. The highest BCUT2D eigenvalue weighted by molar-refractivity contribution is 7.92. The maximum absolute atomic E-state index is 13.5. The van der Waals surface area contributed by atoms with Crippen LogP contribution >= 0.6 is 23.2 Å². The molecule has 2 amide bonds. The van der Waals surface area contributed by atoms with Gasteiger partial charge in [-0.05, 0) is 43.7 Å². The summed E-state index contributed by atoms with van der Waals surface area (Å²) in [5.41, 5.74) is 0.888. The van der Waals surface area contributed by atoms with Crippen LogP contribution in [-0.4, -0.2) is 63.7 Å². The first-order chi connectivity index (χ1) is 16.6. The quantitative estimate of drug-likeness (QED) is 0.521. The van der Waals surface area contributed by atoms with Crippen molar-refractivity contribution in [2.75, 3.05) is 36.9 Å². The number of likely N-dealkylation sites (N-methyl/N-ethyl adjacent to an activating group) is 1. The fraction of sp³-hybridized carbons (Fsp3) is 0.391. The van der Waals surface area contributed by atoms with E-state index in [0.29, 0.717) is 40.3 Å². The number of fused-ring (bicyclic) bond motifs is 1. The number of hydrogen-bond donors (Lipinski definition) is 1. The van der Waals surface area contributed by atoms with Crippen LogP contribution in [0.3, 0.4) is 0 Å². The van der Waals surface area contributed by atoms with E-state index in [9.17, 15) is 18.0 Å². The molecule has 0 radical (unpaired) electrons. The predicted octanol–water partition coefficient (Wildman–Crippen LogP) is 3.08. The predicted molar refractivity (Wildman–Crippen MR) is 135 cm³/mol. The van der Waals surface area contributed by atoms with Crippen LogP contribution in [-0.2, 0) is 26.2 Å². The van der Waals surface area contributed by atoms with Crippen molar-refractivity contribution in [1.29, 1.82) is 0 Å². The molecule has 0 saturated heterocycles. The molecule has 0 spiro atoms. The Hall–Kier alpha value is -2.69. The van der Waals surface area contributed by atoms with Gasteiger partial charge < -0.3 is 19.7 Å². The molecule has 0 aliphatic carbocycles. The van der Waals surface area contributed by atoms with E-state index < -0.39 is 34.4 Å². The fourth-order valence-corrected chi connectivity index (χ4v) is 4.91. The lowest BCUT2D eigenvalue weighted by atomic mass is 10.1. The van der Waals surface area contributed by atoms with Crippen LogP contribution in [0.1, 0.15) is 19.4 Å². The molecule has 9 nitrogen and oxygen atoms in total. The van der Waals surface area contributed by atoms with Crippen LogP contribution in [0.2, 0.25) is 10.0 Å². The molecule has 3 rings (SSSR count). The van der Waals surface area contributed by atoms with Gasteiger partial charge in [-0.2, -0.15) is 0 Å². The zero-order valence-electron chi connectivity index (χ0n) is 19.6. The zero-order valence-corrected chi connectivity index (χ0v) is 21.9. The summed E-state index contributed by atoms with van der Waals surface area (Å²) in [4.78, 5) is 27.2. The Morgan fingerprint density at radius 2 is 1.74 bits per heavy atom. The third-order valence-corrected chi connectivity index (χ3v) is 8.02. The molecule has 0 bridgehead atoms. The maximum atomic E-state index is 13.5. The van der Waals surface area contributed by atoms with E-state index in [0.717, 1.165) is 4.31 Å². The Balaban J connectivity index is 1.95. The standard InChI is InChI=1S/C23H27Cl2N3O6S/c1-4-35(31,32)28(17-6-8-20-21(12-17)34-10-9-33-20)14-22(29)27(15(2)23(30)26-3)13-16-5-7-18(24)19(25)11-16/h5-8,11-12,15H,4,9-10,13-14H2,1-3H3,(H,26,30). The molecule has 0 fully saturated rings. The van der Waals surface area contributed by atoms with E-state index in [2.05, 4.69) is 5.32 Å².